The molecule has 3 heteroatoms. The normalized spacial score (nSPS) is 14.2. The van der Waals surface area contributed by atoms with Gasteiger partial charge in [-0.2, -0.15) is 0 Å². The molecule has 7 aromatic carbocycles. The van der Waals surface area contributed by atoms with Crippen LogP contribution in [0.25, 0.3) is 78.7 Å². The lowest BCUT2D eigenvalue weighted by Gasteiger charge is -2.24. The minimum atomic E-state index is -0.111. The van der Waals surface area contributed by atoms with Crippen LogP contribution in [0.5, 0.6) is 0 Å². The fourth-order valence-electron chi connectivity index (χ4n) is 8.74. The van der Waals surface area contributed by atoms with Gasteiger partial charge >= 0.3 is 0 Å². The van der Waals surface area contributed by atoms with Gasteiger partial charge in [-0.15, -0.1) is 0 Å². The van der Waals surface area contributed by atoms with Crippen molar-refractivity contribution in [3.05, 3.63) is 186 Å². The predicted octanol–water partition coefficient (Wildman–Crippen LogP) is 12.8. The molecule has 2 aliphatic carbocycles. The van der Waals surface area contributed by atoms with Gasteiger partial charge in [-0.05, 0) is 91.0 Å². The van der Waals surface area contributed by atoms with E-state index >= 15 is 0 Å². The van der Waals surface area contributed by atoms with Crippen LogP contribution in [-0.4, -0.2) is 15.0 Å². The second-order valence-corrected chi connectivity index (χ2v) is 15.7. The van der Waals surface area contributed by atoms with Crippen LogP contribution < -0.4 is 0 Å². The summed E-state index contributed by atoms with van der Waals surface area (Å²) in [5, 5.41) is 0. The third-order valence-electron chi connectivity index (χ3n) is 11.7. The molecule has 8 aromatic rings. The first kappa shape index (κ1) is 32.2. The van der Waals surface area contributed by atoms with Crippen LogP contribution in [0.4, 0.5) is 0 Å². The van der Waals surface area contributed by atoms with E-state index in [0.29, 0.717) is 17.5 Å². The van der Waals surface area contributed by atoms with E-state index < -0.39 is 0 Å². The molecule has 54 heavy (non-hydrogen) atoms. The Hall–Kier alpha value is -6.45. The van der Waals surface area contributed by atoms with E-state index in [-0.39, 0.29) is 10.8 Å². The molecule has 0 atom stereocenters. The zero-order valence-corrected chi connectivity index (χ0v) is 30.9. The molecule has 0 radical (unpaired) electrons. The van der Waals surface area contributed by atoms with Crippen LogP contribution in [0.3, 0.4) is 0 Å². The second-order valence-electron chi connectivity index (χ2n) is 15.7. The van der Waals surface area contributed by atoms with Gasteiger partial charge in [-0.1, -0.05) is 167 Å². The van der Waals surface area contributed by atoms with Gasteiger partial charge in [-0.3, -0.25) is 0 Å². The molecular weight excluding hydrogens is 655 g/mol. The number of rotatable bonds is 5. The van der Waals surface area contributed by atoms with E-state index in [9.17, 15) is 0 Å². The molecule has 1 heterocycles. The summed E-state index contributed by atoms with van der Waals surface area (Å²) < 4.78 is 0. The van der Waals surface area contributed by atoms with Crippen molar-refractivity contribution in [3.8, 4) is 78.7 Å². The Balaban J connectivity index is 0.979. The molecule has 0 saturated carbocycles. The molecule has 0 unspecified atom stereocenters. The lowest BCUT2D eigenvalue weighted by Crippen LogP contribution is -2.17. The fourth-order valence-corrected chi connectivity index (χ4v) is 8.74. The van der Waals surface area contributed by atoms with Gasteiger partial charge in [0.15, 0.2) is 17.5 Å². The van der Waals surface area contributed by atoms with Crippen molar-refractivity contribution in [2.75, 3.05) is 0 Å². The van der Waals surface area contributed by atoms with Crippen molar-refractivity contribution in [3.63, 3.8) is 0 Å². The van der Waals surface area contributed by atoms with E-state index in [1.807, 2.05) is 60.7 Å². The van der Waals surface area contributed by atoms with Crippen LogP contribution in [-0.2, 0) is 10.8 Å². The van der Waals surface area contributed by atoms with Crippen LogP contribution >= 0.6 is 0 Å². The van der Waals surface area contributed by atoms with Crippen LogP contribution in [0.15, 0.2) is 164 Å². The zero-order chi connectivity index (χ0) is 36.6. The quantitative estimate of drug-likeness (QED) is 0.180. The maximum Gasteiger partial charge on any atom is 0.164 e. The Morgan fingerprint density at radius 1 is 0.278 bits per heavy atom. The Morgan fingerprint density at radius 2 is 0.667 bits per heavy atom. The highest BCUT2D eigenvalue weighted by Gasteiger charge is 2.41. The molecule has 0 spiro atoms. The first-order valence-corrected chi connectivity index (χ1v) is 18.8. The minimum absolute atomic E-state index is 0.0199. The number of fused-ring (bicyclic) bond motifs is 6. The Labute approximate surface area is 317 Å². The number of benzene rings is 7. The third kappa shape index (κ3) is 5.07. The van der Waals surface area contributed by atoms with E-state index in [4.69, 9.17) is 15.0 Å². The zero-order valence-electron chi connectivity index (χ0n) is 30.9. The first-order chi connectivity index (χ1) is 26.3. The lowest BCUT2D eigenvalue weighted by molar-refractivity contribution is 0.652. The number of hydrogen-bond acceptors (Lipinski definition) is 3. The maximum atomic E-state index is 4.92. The van der Waals surface area contributed by atoms with Crippen LogP contribution in [0.1, 0.15) is 49.9 Å². The molecule has 0 amide bonds. The Bertz CT molecular complexity index is 2690. The molecule has 2 aliphatic rings. The van der Waals surface area contributed by atoms with E-state index in [0.717, 1.165) is 22.3 Å². The monoisotopic (exact) mass is 693 g/mol. The highest BCUT2D eigenvalue weighted by molar-refractivity contribution is 5.91. The van der Waals surface area contributed by atoms with Gasteiger partial charge < -0.3 is 0 Å². The minimum Gasteiger partial charge on any atom is -0.208 e. The number of hydrogen-bond donors (Lipinski definition) is 0. The topological polar surface area (TPSA) is 38.7 Å². The first-order valence-electron chi connectivity index (χ1n) is 18.8. The third-order valence-corrected chi connectivity index (χ3v) is 11.7. The molecule has 0 fully saturated rings. The van der Waals surface area contributed by atoms with Crippen molar-refractivity contribution in [2.24, 2.45) is 0 Å². The molecule has 0 bridgehead atoms. The van der Waals surface area contributed by atoms with Gasteiger partial charge in [0.25, 0.3) is 0 Å². The summed E-state index contributed by atoms with van der Waals surface area (Å²) in [5.74, 6) is 1.98. The standard InChI is InChI=1S/C51H39N3/c1-50(2)43-21-12-11-20-39(43)41-30-46-42(31-45(41)50)40-27-26-38(29-44(40)51(46,3)4)37-19-13-18-36(28-37)32-22-24-35(25-23-32)49-53-47(33-14-7-5-8-15-33)52-48(54-49)34-16-9-6-10-17-34/h5-31H,1-4H3. The van der Waals surface area contributed by atoms with Gasteiger partial charge in [0.05, 0.1) is 0 Å². The highest BCUT2D eigenvalue weighted by Crippen LogP contribution is 2.56. The predicted molar refractivity (Wildman–Crippen MR) is 222 cm³/mol. The number of nitrogens with zero attached hydrogens (tertiary/aromatic N) is 3. The molecule has 1 aromatic heterocycles. The van der Waals surface area contributed by atoms with E-state index in [1.165, 1.54) is 61.2 Å². The highest BCUT2D eigenvalue weighted by atomic mass is 15.0. The summed E-state index contributed by atoms with van der Waals surface area (Å²) in [4.78, 5) is 14.7. The molecule has 3 nitrogen and oxygen atoms in total. The van der Waals surface area contributed by atoms with Gasteiger partial charge in [0, 0.05) is 27.5 Å². The van der Waals surface area contributed by atoms with Crippen molar-refractivity contribution < 1.29 is 0 Å². The van der Waals surface area contributed by atoms with Crippen molar-refractivity contribution in [1.29, 1.82) is 0 Å². The summed E-state index contributed by atoms with van der Waals surface area (Å²) in [6, 6.07) is 58.7. The van der Waals surface area contributed by atoms with Gasteiger partial charge in [0.1, 0.15) is 0 Å². The molecule has 0 N–H and O–H groups in total. The molecule has 258 valence electrons. The lowest BCUT2D eigenvalue weighted by atomic mass is 9.79. The molecule has 0 saturated heterocycles. The largest absolute Gasteiger partial charge is 0.208 e. The summed E-state index contributed by atoms with van der Waals surface area (Å²) in [5.41, 5.74) is 18.6. The average Bonchev–Trinajstić information content (AvgIpc) is 3.59. The Kier molecular flexibility index (Phi) is 7.19. The molecule has 10 rings (SSSR count). The second kappa shape index (κ2) is 12.0. The summed E-state index contributed by atoms with van der Waals surface area (Å²) >= 11 is 0. The molecular formula is C51H39N3. The van der Waals surface area contributed by atoms with E-state index in [1.54, 1.807) is 0 Å². The van der Waals surface area contributed by atoms with Crippen LogP contribution in [0.2, 0.25) is 0 Å². The van der Waals surface area contributed by atoms with Gasteiger partial charge in [-0.25, -0.2) is 15.0 Å². The smallest absolute Gasteiger partial charge is 0.164 e. The number of aromatic nitrogens is 3. The van der Waals surface area contributed by atoms with Crippen molar-refractivity contribution in [2.45, 2.75) is 38.5 Å². The molecule has 0 aliphatic heterocycles. The maximum absolute atomic E-state index is 4.92. The average molecular weight is 694 g/mol. The van der Waals surface area contributed by atoms with Crippen molar-refractivity contribution >= 4 is 0 Å². The van der Waals surface area contributed by atoms with Crippen LogP contribution in [0, 0.1) is 0 Å². The summed E-state index contributed by atoms with van der Waals surface area (Å²) in [7, 11) is 0. The fraction of sp³-hybridized carbons (Fsp3) is 0.118. The van der Waals surface area contributed by atoms with Crippen molar-refractivity contribution in [1.82, 2.24) is 15.0 Å². The summed E-state index contributed by atoms with van der Waals surface area (Å²) in [6.45, 7) is 9.50. The Morgan fingerprint density at radius 3 is 1.26 bits per heavy atom. The summed E-state index contributed by atoms with van der Waals surface area (Å²) in [6.07, 6.45) is 0. The SMILES string of the molecule is CC1(C)c2ccccc2-c2cc3c(cc21)-c1ccc(-c2cccc(-c4ccc(-c5nc(-c6ccccc6)nc(-c6ccccc6)n5)cc4)c2)cc1C3(C)C. The van der Waals surface area contributed by atoms with E-state index in [2.05, 4.69) is 131 Å². The van der Waals surface area contributed by atoms with Gasteiger partial charge in [0.2, 0.25) is 0 Å².